The fraction of sp³-hybridized carbons (Fsp3) is 1.00. The fourth-order valence-corrected chi connectivity index (χ4v) is 0.671. The molecule has 0 unspecified atom stereocenters. The summed E-state index contributed by atoms with van der Waals surface area (Å²) >= 11 is 3.75. The van der Waals surface area contributed by atoms with Crippen LogP contribution in [0.15, 0.2) is 0 Å². The van der Waals surface area contributed by atoms with E-state index in [4.69, 9.17) is 20.4 Å². The molecule has 4 nitrogen and oxygen atoms in total. The molecule has 0 aliphatic rings. The Morgan fingerprint density at radius 2 is 1.60 bits per heavy atom. The van der Waals surface area contributed by atoms with Gasteiger partial charge in [0.25, 0.3) is 0 Å². The molecule has 0 heterocycles. The average Bonchev–Trinajstić information content (AvgIpc) is 2.00. The van der Waals surface area contributed by atoms with Gasteiger partial charge < -0.3 is 20.4 Å². The van der Waals surface area contributed by atoms with Gasteiger partial charge in [0.1, 0.15) is 6.10 Å². The Labute approximate surface area is 64.5 Å². The Morgan fingerprint density at radius 1 is 1.10 bits per heavy atom. The zero-order valence-corrected chi connectivity index (χ0v) is 6.28. The molecule has 3 atom stereocenters. The smallest absolute Gasteiger partial charge is 0.104 e. The normalized spacial score (nSPS) is 20.1. The first-order valence-electron chi connectivity index (χ1n) is 2.89. The minimum absolute atomic E-state index is 0.332. The van der Waals surface area contributed by atoms with Crippen molar-refractivity contribution in [1.29, 1.82) is 0 Å². The molecular formula is C5H12O4S. The van der Waals surface area contributed by atoms with Gasteiger partial charge in [-0.2, -0.15) is 12.6 Å². The predicted molar refractivity (Wildman–Crippen MR) is 39.0 cm³/mol. The van der Waals surface area contributed by atoms with E-state index in [2.05, 4.69) is 12.6 Å². The summed E-state index contributed by atoms with van der Waals surface area (Å²) in [6.45, 7) is -0.862. The van der Waals surface area contributed by atoms with Crippen molar-refractivity contribution in [2.75, 3.05) is 13.2 Å². The van der Waals surface area contributed by atoms with Crippen LogP contribution in [0.25, 0.3) is 0 Å². The van der Waals surface area contributed by atoms with Crippen molar-refractivity contribution in [3.05, 3.63) is 0 Å². The Hall–Kier alpha value is 0.190. The highest BCUT2D eigenvalue weighted by Gasteiger charge is 2.21. The third-order valence-electron chi connectivity index (χ3n) is 1.16. The van der Waals surface area contributed by atoms with Crippen molar-refractivity contribution in [3.63, 3.8) is 0 Å². The molecule has 0 saturated heterocycles. The van der Waals surface area contributed by atoms with Gasteiger partial charge in [0.2, 0.25) is 0 Å². The first-order valence-corrected chi connectivity index (χ1v) is 3.41. The van der Waals surface area contributed by atoms with E-state index < -0.39 is 24.1 Å². The van der Waals surface area contributed by atoms with Gasteiger partial charge in [-0.25, -0.2) is 0 Å². The first kappa shape index (κ1) is 10.2. The third-order valence-corrected chi connectivity index (χ3v) is 1.63. The van der Waals surface area contributed by atoms with Gasteiger partial charge in [0, 0.05) is 0 Å². The van der Waals surface area contributed by atoms with E-state index in [9.17, 15) is 0 Å². The lowest BCUT2D eigenvalue weighted by Crippen LogP contribution is -2.38. The van der Waals surface area contributed by atoms with Crippen LogP contribution in [-0.2, 0) is 0 Å². The second kappa shape index (κ2) is 4.92. The highest BCUT2D eigenvalue weighted by molar-refractivity contribution is 7.81. The van der Waals surface area contributed by atoms with Gasteiger partial charge in [-0.05, 0) is 0 Å². The minimum Gasteiger partial charge on any atom is -0.395 e. The molecule has 0 amide bonds. The number of aliphatic hydroxyl groups is 4. The van der Waals surface area contributed by atoms with Crippen molar-refractivity contribution in [2.45, 2.75) is 17.5 Å². The summed E-state index contributed by atoms with van der Waals surface area (Å²) < 4.78 is 0. The molecule has 5 heteroatoms. The third kappa shape index (κ3) is 2.85. The van der Waals surface area contributed by atoms with Crippen molar-refractivity contribution >= 4 is 12.6 Å². The molecular weight excluding hydrogens is 156 g/mol. The van der Waals surface area contributed by atoms with Crippen LogP contribution in [-0.4, -0.2) is 51.1 Å². The van der Waals surface area contributed by atoms with Gasteiger partial charge in [0.05, 0.1) is 24.6 Å². The lowest BCUT2D eigenvalue weighted by atomic mass is 10.1. The molecule has 0 fully saturated rings. The van der Waals surface area contributed by atoms with Crippen LogP contribution in [0, 0.1) is 0 Å². The maximum Gasteiger partial charge on any atom is 0.104 e. The minimum atomic E-state index is -1.23. The molecule has 10 heavy (non-hydrogen) atoms. The van der Waals surface area contributed by atoms with Crippen LogP contribution in [0.3, 0.4) is 0 Å². The second-order valence-electron chi connectivity index (χ2n) is 1.99. The Morgan fingerprint density at radius 3 is 1.90 bits per heavy atom. The summed E-state index contributed by atoms with van der Waals surface area (Å²) in [4.78, 5) is 0. The van der Waals surface area contributed by atoms with E-state index >= 15 is 0 Å². The molecule has 4 N–H and O–H groups in total. The fourth-order valence-electron chi connectivity index (χ4n) is 0.472. The average molecular weight is 168 g/mol. The molecule has 0 aromatic heterocycles. The summed E-state index contributed by atoms with van der Waals surface area (Å²) in [6.07, 6.45) is -2.41. The summed E-state index contributed by atoms with van der Waals surface area (Å²) in [7, 11) is 0. The maximum absolute atomic E-state index is 8.94. The van der Waals surface area contributed by atoms with Crippen molar-refractivity contribution in [1.82, 2.24) is 0 Å². The van der Waals surface area contributed by atoms with Crippen molar-refractivity contribution in [2.24, 2.45) is 0 Å². The maximum atomic E-state index is 8.94. The Kier molecular flexibility index (Phi) is 5.02. The first-order chi connectivity index (χ1) is 4.63. The number of aliphatic hydroxyl groups excluding tert-OH is 4. The zero-order chi connectivity index (χ0) is 8.15. The molecule has 62 valence electrons. The number of hydrogen-bond donors (Lipinski definition) is 5. The highest BCUT2D eigenvalue weighted by Crippen LogP contribution is 2.04. The summed E-state index contributed by atoms with van der Waals surface area (Å²) in [5.41, 5.74) is 0. The molecule has 0 aliphatic heterocycles. The van der Waals surface area contributed by atoms with E-state index in [1.54, 1.807) is 0 Å². The predicted octanol–water partition coefficient (Wildman–Crippen LogP) is -2.01. The van der Waals surface area contributed by atoms with Crippen LogP contribution in [0.5, 0.6) is 0 Å². The molecule has 0 bridgehead atoms. The van der Waals surface area contributed by atoms with Crippen molar-refractivity contribution < 1.29 is 20.4 Å². The van der Waals surface area contributed by atoms with Crippen LogP contribution in [0.2, 0.25) is 0 Å². The zero-order valence-electron chi connectivity index (χ0n) is 5.38. The summed E-state index contributed by atoms with van der Waals surface area (Å²) in [5, 5.41) is 33.7. The van der Waals surface area contributed by atoms with Crippen molar-refractivity contribution in [3.8, 4) is 0 Å². The SMILES string of the molecule is OC[C@@H](O)[C@H](O)[C@@H](S)CO. The standard InChI is InChI=1S/C5H12O4S/c6-1-3(8)5(9)4(10)2-7/h3-10H,1-2H2/t3-,4+,5+/m1/s1. The Bertz CT molecular complexity index is 79.7. The van der Waals surface area contributed by atoms with Gasteiger partial charge >= 0.3 is 0 Å². The number of rotatable bonds is 4. The van der Waals surface area contributed by atoms with Crippen LogP contribution in [0.4, 0.5) is 0 Å². The molecule has 0 rings (SSSR count). The van der Waals surface area contributed by atoms with Gasteiger partial charge in [-0.15, -0.1) is 0 Å². The lowest BCUT2D eigenvalue weighted by Gasteiger charge is -2.19. The molecule has 0 radical (unpaired) electrons. The van der Waals surface area contributed by atoms with Crippen LogP contribution >= 0.6 is 12.6 Å². The second-order valence-corrected chi connectivity index (χ2v) is 2.65. The molecule has 0 saturated carbocycles. The molecule has 0 aliphatic carbocycles. The van der Waals surface area contributed by atoms with E-state index in [0.29, 0.717) is 0 Å². The monoisotopic (exact) mass is 168 g/mol. The largest absolute Gasteiger partial charge is 0.395 e. The van der Waals surface area contributed by atoms with E-state index in [1.165, 1.54) is 0 Å². The van der Waals surface area contributed by atoms with Gasteiger partial charge in [-0.3, -0.25) is 0 Å². The van der Waals surface area contributed by atoms with E-state index in [1.807, 2.05) is 0 Å². The molecule has 0 spiro atoms. The van der Waals surface area contributed by atoms with Crippen LogP contribution in [0.1, 0.15) is 0 Å². The topological polar surface area (TPSA) is 80.9 Å². The summed E-state index contributed by atoms with van der Waals surface area (Å²) in [6, 6.07) is 0. The molecule has 0 aromatic rings. The number of hydrogen-bond acceptors (Lipinski definition) is 5. The molecule has 0 aromatic carbocycles. The lowest BCUT2D eigenvalue weighted by molar-refractivity contribution is -0.0200. The summed E-state index contributed by atoms with van der Waals surface area (Å²) in [5.74, 6) is 0. The number of thiol groups is 1. The van der Waals surface area contributed by atoms with E-state index in [0.717, 1.165) is 0 Å². The van der Waals surface area contributed by atoms with Gasteiger partial charge in [-0.1, -0.05) is 0 Å². The van der Waals surface area contributed by atoms with E-state index in [-0.39, 0.29) is 6.61 Å². The Balaban J connectivity index is 3.69. The highest BCUT2D eigenvalue weighted by atomic mass is 32.1. The van der Waals surface area contributed by atoms with Gasteiger partial charge in [0.15, 0.2) is 0 Å². The quantitative estimate of drug-likeness (QED) is 0.314. The van der Waals surface area contributed by atoms with Crippen LogP contribution < -0.4 is 0 Å².